The topological polar surface area (TPSA) is 46.2 Å². The number of benzene rings is 1. The monoisotopic (exact) mass is 327 g/mol. The van der Waals surface area contributed by atoms with E-state index in [2.05, 4.69) is 54.6 Å². The molecule has 0 radical (unpaired) electrons. The zero-order valence-corrected chi connectivity index (χ0v) is 14.4. The third-order valence-electron chi connectivity index (χ3n) is 3.87. The van der Waals surface area contributed by atoms with Gasteiger partial charge in [0.25, 0.3) is 0 Å². The second kappa shape index (κ2) is 6.16. The summed E-state index contributed by atoms with van der Waals surface area (Å²) < 4.78 is 6.12. The summed E-state index contributed by atoms with van der Waals surface area (Å²) in [6, 6.07) is 10.2. The molecule has 1 aliphatic rings. The summed E-state index contributed by atoms with van der Waals surface area (Å²) in [7, 11) is 0. The van der Waals surface area contributed by atoms with Crippen LogP contribution in [0.25, 0.3) is 0 Å². The summed E-state index contributed by atoms with van der Waals surface area (Å²) in [6.07, 6.45) is 4.32. The molecule has 2 heterocycles. The Morgan fingerprint density at radius 2 is 2.00 bits per heavy atom. The SMILES string of the molecule is Cc1ccc2c(c1)OC(C)(C)C[C@@H]2NC(=S)Nc1ccncc1. The van der Waals surface area contributed by atoms with Crippen LogP contribution in [0.1, 0.15) is 37.4 Å². The Morgan fingerprint density at radius 1 is 1.26 bits per heavy atom. The van der Waals surface area contributed by atoms with Gasteiger partial charge in [0.05, 0.1) is 6.04 Å². The maximum Gasteiger partial charge on any atom is 0.171 e. The average Bonchev–Trinajstić information content (AvgIpc) is 2.46. The molecule has 120 valence electrons. The highest BCUT2D eigenvalue weighted by atomic mass is 32.1. The highest BCUT2D eigenvalue weighted by molar-refractivity contribution is 7.80. The largest absolute Gasteiger partial charge is 0.487 e. The van der Waals surface area contributed by atoms with Gasteiger partial charge in [-0.05, 0) is 56.8 Å². The molecular formula is C18H21N3OS. The fourth-order valence-electron chi connectivity index (χ4n) is 2.85. The van der Waals surface area contributed by atoms with E-state index in [1.807, 2.05) is 12.1 Å². The van der Waals surface area contributed by atoms with Crippen molar-refractivity contribution in [2.45, 2.75) is 38.8 Å². The molecule has 0 unspecified atom stereocenters. The van der Waals surface area contributed by atoms with Crippen molar-refractivity contribution in [2.75, 3.05) is 5.32 Å². The van der Waals surface area contributed by atoms with Crippen LogP contribution in [0.2, 0.25) is 0 Å². The van der Waals surface area contributed by atoms with Gasteiger partial charge >= 0.3 is 0 Å². The minimum Gasteiger partial charge on any atom is -0.487 e. The smallest absolute Gasteiger partial charge is 0.171 e. The second-order valence-electron chi connectivity index (χ2n) is 6.49. The average molecular weight is 327 g/mol. The number of rotatable bonds is 2. The zero-order valence-electron chi connectivity index (χ0n) is 13.6. The highest BCUT2D eigenvalue weighted by Crippen LogP contribution is 2.39. The molecule has 23 heavy (non-hydrogen) atoms. The van der Waals surface area contributed by atoms with Crippen LogP contribution in [0, 0.1) is 6.92 Å². The Kier molecular flexibility index (Phi) is 4.22. The fourth-order valence-corrected chi connectivity index (χ4v) is 3.11. The van der Waals surface area contributed by atoms with Crippen LogP contribution >= 0.6 is 12.2 Å². The molecule has 1 aromatic heterocycles. The van der Waals surface area contributed by atoms with Crippen molar-refractivity contribution in [2.24, 2.45) is 0 Å². The van der Waals surface area contributed by atoms with E-state index in [1.165, 1.54) is 5.56 Å². The van der Waals surface area contributed by atoms with Crippen LogP contribution in [0.4, 0.5) is 5.69 Å². The van der Waals surface area contributed by atoms with Crippen LogP contribution in [0.15, 0.2) is 42.7 Å². The molecule has 0 aliphatic carbocycles. The molecule has 1 aromatic carbocycles. The van der Waals surface area contributed by atoms with Crippen LogP contribution in [0.5, 0.6) is 5.75 Å². The highest BCUT2D eigenvalue weighted by Gasteiger charge is 2.34. The fraction of sp³-hybridized carbons (Fsp3) is 0.333. The van der Waals surface area contributed by atoms with Gasteiger partial charge < -0.3 is 15.4 Å². The number of nitrogens with zero attached hydrogens (tertiary/aromatic N) is 1. The third kappa shape index (κ3) is 3.79. The van der Waals surface area contributed by atoms with Gasteiger partial charge in [0.1, 0.15) is 11.4 Å². The summed E-state index contributed by atoms with van der Waals surface area (Å²) in [5, 5.41) is 7.22. The van der Waals surface area contributed by atoms with E-state index >= 15 is 0 Å². The van der Waals surface area contributed by atoms with Crippen LogP contribution in [-0.4, -0.2) is 15.7 Å². The van der Waals surface area contributed by atoms with Crippen molar-refractivity contribution in [3.05, 3.63) is 53.9 Å². The molecule has 0 amide bonds. The van der Waals surface area contributed by atoms with Gasteiger partial charge in [-0.3, -0.25) is 4.98 Å². The van der Waals surface area contributed by atoms with Crippen molar-refractivity contribution in [3.8, 4) is 5.75 Å². The first kappa shape index (κ1) is 15.7. The molecule has 0 saturated carbocycles. The number of fused-ring (bicyclic) bond motifs is 1. The minimum atomic E-state index is -0.231. The Morgan fingerprint density at radius 3 is 2.74 bits per heavy atom. The molecule has 0 bridgehead atoms. The predicted octanol–water partition coefficient (Wildman–Crippen LogP) is 3.98. The van der Waals surface area contributed by atoms with Crippen molar-refractivity contribution in [3.63, 3.8) is 0 Å². The van der Waals surface area contributed by atoms with Crippen molar-refractivity contribution >= 4 is 23.0 Å². The van der Waals surface area contributed by atoms with Gasteiger partial charge in [-0.15, -0.1) is 0 Å². The van der Waals surface area contributed by atoms with E-state index in [0.717, 1.165) is 23.4 Å². The first-order chi connectivity index (χ1) is 10.9. The number of hydrogen-bond acceptors (Lipinski definition) is 3. The quantitative estimate of drug-likeness (QED) is 0.817. The number of ether oxygens (including phenoxy) is 1. The lowest BCUT2D eigenvalue weighted by molar-refractivity contribution is 0.0696. The Labute approximate surface area is 142 Å². The molecule has 2 N–H and O–H groups in total. The predicted molar refractivity (Wildman–Crippen MR) is 96.8 cm³/mol. The molecule has 0 saturated heterocycles. The number of aryl methyl sites for hydroxylation is 1. The van der Waals surface area contributed by atoms with Gasteiger partial charge in [-0.1, -0.05) is 12.1 Å². The van der Waals surface area contributed by atoms with Crippen molar-refractivity contribution in [1.29, 1.82) is 0 Å². The van der Waals surface area contributed by atoms with Crippen LogP contribution in [-0.2, 0) is 0 Å². The number of pyridine rings is 1. The van der Waals surface area contributed by atoms with E-state index in [4.69, 9.17) is 17.0 Å². The van der Waals surface area contributed by atoms with E-state index in [0.29, 0.717) is 5.11 Å². The van der Waals surface area contributed by atoms with E-state index in [1.54, 1.807) is 12.4 Å². The van der Waals surface area contributed by atoms with Crippen molar-refractivity contribution in [1.82, 2.24) is 10.3 Å². The number of anilines is 1. The number of nitrogens with one attached hydrogen (secondary N) is 2. The summed E-state index contributed by atoms with van der Waals surface area (Å²) in [5.41, 5.74) is 3.03. The molecule has 1 atom stereocenters. The minimum absolute atomic E-state index is 0.121. The third-order valence-corrected chi connectivity index (χ3v) is 4.09. The van der Waals surface area contributed by atoms with Gasteiger partial charge in [0, 0.05) is 30.1 Å². The first-order valence-corrected chi connectivity index (χ1v) is 8.11. The standard InChI is InChI=1S/C18H21N3OS/c1-12-4-5-14-15(11-18(2,3)22-16(14)10-12)21-17(23)20-13-6-8-19-9-7-13/h4-10,15H,11H2,1-3H3,(H2,19,20,21,23)/t15-/m0/s1. The zero-order chi connectivity index (χ0) is 16.4. The summed E-state index contributed by atoms with van der Waals surface area (Å²) >= 11 is 5.46. The normalized spacial score (nSPS) is 18.5. The van der Waals surface area contributed by atoms with Crippen LogP contribution < -0.4 is 15.4 Å². The molecular weight excluding hydrogens is 306 g/mol. The Balaban J connectivity index is 1.78. The van der Waals surface area contributed by atoms with Gasteiger partial charge in [0.2, 0.25) is 0 Å². The molecule has 2 aromatic rings. The lowest BCUT2D eigenvalue weighted by atomic mass is 9.89. The van der Waals surface area contributed by atoms with Gasteiger partial charge in [-0.25, -0.2) is 0 Å². The molecule has 0 fully saturated rings. The van der Waals surface area contributed by atoms with Gasteiger partial charge in [-0.2, -0.15) is 0 Å². The van der Waals surface area contributed by atoms with Gasteiger partial charge in [0.15, 0.2) is 5.11 Å². The Bertz CT molecular complexity index is 715. The van der Waals surface area contributed by atoms with E-state index in [9.17, 15) is 0 Å². The lowest BCUT2D eigenvalue weighted by Crippen LogP contribution is -2.42. The molecule has 0 spiro atoms. The number of aromatic nitrogens is 1. The Hall–Kier alpha value is -2.14. The number of hydrogen-bond donors (Lipinski definition) is 2. The summed E-state index contributed by atoms with van der Waals surface area (Å²) in [6.45, 7) is 6.28. The lowest BCUT2D eigenvalue weighted by Gasteiger charge is -2.38. The van der Waals surface area contributed by atoms with Crippen molar-refractivity contribution < 1.29 is 4.74 Å². The number of thiocarbonyl (C=S) groups is 1. The van der Waals surface area contributed by atoms with E-state index in [-0.39, 0.29) is 11.6 Å². The summed E-state index contributed by atoms with van der Waals surface area (Å²) in [5.74, 6) is 0.936. The molecule has 5 heteroatoms. The summed E-state index contributed by atoms with van der Waals surface area (Å²) in [4.78, 5) is 4.01. The molecule has 1 aliphatic heterocycles. The second-order valence-corrected chi connectivity index (χ2v) is 6.90. The van der Waals surface area contributed by atoms with E-state index < -0.39 is 0 Å². The molecule has 3 rings (SSSR count). The molecule has 4 nitrogen and oxygen atoms in total. The first-order valence-electron chi connectivity index (χ1n) is 7.70. The maximum atomic E-state index is 6.12. The van der Waals surface area contributed by atoms with Crippen LogP contribution in [0.3, 0.4) is 0 Å². The maximum absolute atomic E-state index is 6.12.